The highest BCUT2D eigenvalue weighted by Crippen LogP contribution is 2.29. The van der Waals surface area contributed by atoms with Gasteiger partial charge in [0.25, 0.3) is 0 Å². The summed E-state index contributed by atoms with van der Waals surface area (Å²) in [7, 11) is 1.72. The number of hydrogen-bond acceptors (Lipinski definition) is 3. The van der Waals surface area contributed by atoms with Crippen LogP contribution in [0.3, 0.4) is 0 Å². The lowest BCUT2D eigenvalue weighted by Crippen LogP contribution is -2.43. The third-order valence-electron chi connectivity index (χ3n) is 4.62. The van der Waals surface area contributed by atoms with E-state index in [0.717, 1.165) is 16.9 Å². The molecule has 0 saturated heterocycles. The van der Waals surface area contributed by atoms with Crippen LogP contribution in [0.4, 0.5) is 4.39 Å². The van der Waals surface area contributed by atoms with Gasteiger partial charge in [0.2, 0.25) is 0 Å². The lowest BCUT2D eigenvalue weighted by molar-refractivity contribution is 0.507. The predicted octanol–water partition coefficient (Wildman–Crippen LogP) is 4.32. The number of imidazole rings is 1. The molecule has 0 aliphatic heterocycles. The zero-order valence-corrected chi connectivity index (χ0v) is 20.1. The Morgan fingerprint density at radius 3 is 2.63 bits per heavy atom. The number of benzene rings is 1. The number of pyridine rings is 1. The summed E-state index contributed by atoms with van der Waals surface area (Å²) in [6.45, 7) is 5.25. The van der Waals surface area contributed by atoms with Crippen LogP contribution >= 0.6 is 35.6 Å². The van der Waals surface area contributed by atoms with Gasteiger partial charge in [-0.2, -0.15) is 0 Å². The average molecular weight is 543 g/mol. The van der Waals surface area contributed by atoms with Crippen molar-refractivity contribution in [2.45, 2.75) is 25.8 Å². The quantitative estimate of drug-likeness (QED) is 0.277. The Morgan fingerprint density at radius 2 is 2.03 bits per heavy atom. The third kappa shape index (κ3) is 6.15. The van der Waals surface area contributed by atoms with Gasteiger partial charge in [-0.3, -0.25) is 9.56 Å². The van der Waals surface area contributed by atoms with Crippen molar-refractivity contribution in [2.24, 2.45) is 4.99 Å². The van der Waals surface area contributed by atoms with E-state index in [1.54, 1.807) is 25.6 Å². The van der Waals surface area contributed by atoms with E-state index < -0.39 is 0 Å². The van der Waals surface area contributed by atoms with Gasteiger partial charge in [-0.05, 0) is 29.3 Å². The second-order valence-electron chi connectivity index (χ2n) is 7.28. The van der Waals surface area contributed by atoms with Gasteiger partial charge in [-0.1, -0.05) is 37.6 Å². The summed E-state index contributed by atoms with van der Waals surface area (Å²) >= 11 is 6.23. The predicted molar refractivity (Wildman–Crippen MR) is 129 cm³/mol. The van der Waals surface area contributed by atoms with E-state index in [1.807, 2.05) is 42.9 Å². The number of aliphatic imine (C=N–C) groups is 1. The van der Waals surface area contributed by atoms with Gasteiger partial charge in [0, 0.05) is 49.2 Å². The van der Waals surface area contributed by atoms with Crippen molar-refractivity contribution in [3.8, 4) is 5.82 Å². The Hall–Kier alpha value is -2.20. The first kappa shape index (κ1) is 24.1. The molecule has 30 heavy (non-hydrogen) atoms. The van der Waals surface area contributed by atoms with E-state index in [1.165, 1.54) is 12.1 Å². The van der Waals surface area contributed by atoms with Crippen molar-refractivity contribution in [1.29, 1.82) is 0 Å². The SMILES string of the molecule is CN=C(NCc1ccc(-n2ccnc2)nc1)NCC(C)(C)c1ccc(F)cc1Cl.I. The molecule has 0 spiro atoms. The van der Waals surface area contributed by atoms with Crippen LogP contribution in [0.5, 0.6) is 0 Å². The van der Waals surface area contributed by atoms with Crippen molar-refractivity contribution in [3.05, 3.63) is 77.2 Å². The summed E-state index contributed by atoms with van der Waals surface area (Å²) in [6, 6.07) is 8.44. The van der Waals surface area contributed by atoms with Crippen LogP contribution in [0.15, 0.2) is 60.2 Å². The Bertz CT molecular complexity index is 974. The molecule has 0 saturated carbocycles. The van der Waals surface area contributed by atoms with E-state index in [-0.39, 0.29) is 35.2 Å². The van der Waals surface area contributed by atoms with Crippen LogP contribution in [-0.2, 0) is 12.0 Å². The summed E-state index contributed by atoms with van der Waals surface area (Å²) in [5, 5.41) is 7.00. The third-order valence-corrected chi connectivity index (χ3v) is 4.93. The van der Waals surface area contributed by atoms with Crippen molar-refractivity contribution in [2.75, 3.05) is 13.6 Å². The molecule has 0 fully saturated rings. The van der Waals surface area contributed by atoms with Gasteiger partial charge in [0.05, 0.1) is 0 Å². The molecule has 2 aromatic heterocycles. The molecule has 0 atom stereocenters. The summed E-state index contributed by atoms with van der Waals surface area (Å²) in [6.07, 6.45) is 7.09. The van der Waals surface area contributed by atoms with Crippen molar-refractivity contribution < 1.29 is 4.39 Å². The smallest absolute Gasteiger partial charge is 0.191 e. The minimum Gasteiger partial charge on any atom is -0.356 e. The van der Waals surface area contributed by atoms with E-state index in [4.69, 9.17) is 11.6 Å². The van der Waals surface area contributed by atoms with Gasteiger partial charge in [-0.15, -0.1) is 24.0 Å². The molecular weight excluding hydrogens is 518 g/mol. The molecule has 6 nitrogen and oxygen atoms in total. The number of hydrogen-bond donors (Lipinski definition) is 2. The van der Waals surface area contributed by atoms with Crippen LogP contribution in [0.25, 0.3) is 5.82 Å². The van der Waals surface area contributed by atoms with Gasteiger partial charge in [-0.25, -0.2) is 14.4 Å². The molecule has 1 aromatic carbocycles. The topological polar surface area (TPSA) is 67.1 Å². The molecular formula is C21H25ClFIN6. The summed E-state index contributed by atoms with van der Waals surface area (Å²) in [5.74, 6) is 1.13. The molecule has 0 aliphatic carbocycles. The summed E-state index contributed by atoms with van der Waals surface area (Å²) in [5.41, 5.74) is 1.59. The van der Waals surface area contributed by atoms with Gasteiger partial charge >= 0.3 is 0 Å². The molecule has 2 heterocycles. The maximum atomic E-state index is 13.3. The van der Waals surface area contributed by atoms with E-state index in [0.29, 0.717) is 24.1 Å². The van der Waals surface area contributed by atoms with Crippen molar-refractivity contribution in [3.63, 3.8) is 0 Å². The monoisotopic (exact) mass is 542 g/mol. The van der Waals surface area contributed by atoms with E-state index in [2.05, 4.69) is 25.6 Å². The van der Waals surface area contributed by atoms with Crippen LogP contribution in [0, 0.1) is 5.82 Å². The first-order chi connectivity index (χ1) is 13.9. The minimum atomic E-state index is -0.340. The number of guanidine groups is 1. The molecule has 160 valence electrons. The van der Waals surface area contributed by atoms with Crippen LogP contribution in [0.1, 0.15) is 25.0 Å². The van der Waals surface area contributed by atoms with Crippen LogP contribution < -0.4 is 10.6 Å². The number of nitrogens with one attached hydrogen (secondary N) is 2. The number of rotatable bonds is 6. The Labute approximate surface area is 198 Å². The molecule has 0 amide bonds. The number of halogens is 3. The largest absolute Gasteiger partial charge is 0.356 e. The molecule has 0 radical (unpaired) electrons. The molecule has 0 bridgehead atoms. The molecule has 3 rings (SSSR count). The van der Waals surface area contributed by atoms with Gasteiger partial charge in [0.1, 0.15) is 18.0 Å². The lowest BCUT2D eigenvalue weighted by Gasteiger charge is -2.27. The van der Waals surface area contributed by atoms with Gasteiger partial charge in [0.15, 0.2) is 5.96 Å². The number of nitrogens with zero attached hydrogens (tertiary/aromatic N) is 4. The van der Waals surface area contributed by atoms with E-state index >= 15 is 0 Å². The highest BCUT2D eigenvalue weighted by atomic mass is 127. The zero-order chi connectivity index (χ0) is 20.9. The van der Waals surface area contributed by atoms with Crippen LogP contribution in [0.2, 0.25) is 5.02 Å². The van der Waals surface area contributed by atoms with Crippen molar-refractivity contribution in [1.82, 2.24) is 25.2 Å². The maximum Gasteiger partial charge on any atom is 0.191 e. The van der Waals surface area contributed by atoms with E-state index in [9.17, 15) is 4.39 Å². The Balaban J connectivity index is 0.00000320. The fraction of sp³-hybridized carbons (Fsp3) is 0.286. The average Bonchev–Trinajstić information content (AvgIpc) is 3.23. The first-order valence-corrected chi connectivity index (χ1v) is 9.60. The highest BCUT2D eigenvalue weighted by molar-refractivity contribution is 14.0. The summed E-state index contributed by atoms with van der Waals surface area (Å²) in [4.78, 5) is 12.7. The number of aromatic nitrogens is 3. The summed E-state index contributed by atoms with van der Waals surface area (Å²) < 4.78 is 15.2. The Morgan fingerprint density at radius 1 is 1.23 bits per heavy atom. The Kier molecular flexibility index (Phi) is 8.60. The fourth-order valence-electron chi connectivity index (χ4n) is 2.91. The lowest BCUT2D eigenvalue weighted by atomic mass is 9.84. The fourth-order valence-corrected chi connectivity index (χ4v) is 3.34. The molecule has 0 unspecified atom stereocenters. The standard InChI is InChI=1S/C21H24ClFN6.HI/c1-21(2,17-6-5-16(23)10-18(17)22)13-28-20(24-3)27-12-15-4-7-19(26-11-15)29-9-8-25-14-29;/h4-11,14H,12-13H2,1-3H3,(H2,24,27,28);1H. The molecule has 3 aromatic rings. The second kappa shape index (κ2) is 10.7. The normalized spacial score (nSPS) is 11.7. The molecule has 0 aliphatic rings. The van der Waals surface area contributed by atoms with Crippen LogP contribution in [-0.4, -0.2) is 34.1 Å². The molecule has 9 heteroatoms. The minimum absolute atomic E-state index is 0. The highest BCUT2D eigenvalue weighted by Gasteiger charge is 2.24. The second-order valence-corrected chi connectivity index (χ2v) is 7.69. The zero-order valence-electron chi connectivity index (χ0n) is 17.1. The van der Waals surface area contributed by atoms with Gasteiger partial charge < -0.3 is 10.6 Å². The first-order valence-electron chi connectivity index (χ1n) is 9.22. The maximum absolute atomic E-state index is 13.3. The van der Waals surface area contributed by atoms with Crippen molar-refractivity contribution >= 4 is 41.5 Å². The molecule has 2 N–H and O–H groups in total.